The zero-order valence-electron chi connectivity index (χ0n) is 26.2. The molecule has 1 aliphatic rings. The van der Waals surface area contributed by atoms with Gasteiger partial charge >= 0.3 is 18.3 Å². The van der Waals surface area contributed by atoms with E-state index in [0.29, 0.717) is 40.5 Å². The highest BCUT2D eigenvalue weighted by atomic mass is 32.1. The topological polar surface area (TPSA) is 151 Å². The molecule has 0 saturated carbocycles. The molecule has 18 heteroatoms. The Kier molecular flexibility index (Phi) is 10.2. The average molecular weight is 700 g/mol. The molecular formula is C30H31F6N7O4S. The first-order valence-electron chi connectivity index (χ1n) is 14.2. The van der Waals surface area contributed by atoms with Crippen LogP contribution in [-0.4, -0.2) is 60.2 Å². The third-order valence-electron chi connectivity index (χ3n) is 6.76. The van der Waals surface area contributed by atoms with E-state index < -0.39 is 24.0 Å². The van der Waals surface area contributed by atoms with Crippen molar-refractivity contribution in [2.24, 2.45) is 0 Å². The summed E-state index contributed by atoms with van der Waals surface area (Å²) >= 11 is 1.30. The number of piperidine rings is 1. The molecule has 3 aromatic heterocycles. The van der Waals surface area contributed by atoms with E-state index in [4.69, 9.17) is 14.6 Å². The molecule has 258 valence electrons. The van der Waals surface area contributed by atoms with Crippen LogP contribution in [0, 0.1) is 0 Å². The van der Waals surface area contributed by atoms with Gasteiger partial charge in [0.15, 0.2) is 10.9 Å². The Balaban J connectivity index is 0.000000671. The smallest absolute Gasteiger partial charge is 0.475 e. The van der Waals surface area contributed by atoms with Crippen LogP contribution in [0.15, 0.2) is 42.7 Å². The van der Waals surface area contributed by atoms with Crippen LogP contribution in [0.2, 0.25) is 0 Å². The van der Waals surface area contributed by atoms with E-state index in [2.05, 4.69) is 63.6 Å². The van der Waals surface area contributed by atoms with Crippen LogP contribution in [-0.2, 0) is 15.8 Å². The number of aliphatic carboxylic acids is 1. The standard InChI is InChI=1S/C28H30F3N7O2S.C2HF3O2/c1-15(39)34-25-37-23-19(7-6-8-20(23)41-25)40-22-11-18(32-14-33-22)17-9-10-21(28(29,30)31)36-24(17)35-16-12-26(2,3)38-27(4,5)13-16;3-2(4,5)1(6)7/h6-11,14,16,38H,12-13H2,1-5H3,(H,35,36)(H,34,37,39);(H,6,7). The van der Waals surface area contributed by atoms with Gasteiger partial charge in [0.05, 0.1) is 10.4 Å². The monoisotopic (exact) mass is 699 g/mol. The molecule has 4 N–H and O–H groups in total. The Labute approximate surface area is 274 Å². The maximum atomic E-state index is 13.7. The van der Waals surface area contributed by atoms with Gasteiger partial charge in [-0.05, 0) is 64.8 Å². The number of nitrogens with zero attached hydrogens (tertiary/aromatic N) is 4. The number of amides is 1. The lowest BCUT2D eigenvalue weighted by atomic mass is 9.79. The number of fused-ring (bicyclic) bond motifs is 1. The number of carboxylic acid groups (broad SMARTS) is 1. The molecule has 1 amide bonds. The minimum atomic E-state index is -5.08. The fourth-order valence-corrected chi connectivity index (χ4v) is 6.35. The molecule has 48 heavy (non-hydrogen) atoms. The zero-order chi connectivity index (χ0) is 35.7. The second kappa shape index (κ2) is 13.5. The summed E-state index contributed by atoms with van der Waals surface area (Å²) in [4.78, 5) is 37.3. The summed E-state index contributed by atoms with van der Waals surface area (Å²) in [5.74, 6) is -2.33. The van der Waals surface area contributed by atoms with E-state index in [0.717, 1.165) is 10.8 Å². The van der Waals surface area contributed by atoms with Crippen molar-refractivity contribution in [3.8, 4) is 22.9 Å². The lowest BCUT2D eigenvalue weighted by Gasteiger charge is -2.46. The predicted octanol–water partition coefficient (Wildman–Crippen LogP) is 7.27. The number of nitrogens with one attached hydrogen (secondary N) is 3. The van der Waals surface area contributed by atoms with Crippen LogP contribution in [0.5, 0.6) is 11.6 Å². The number of carboxylic acids is 1. The van der Waals surface area contributed by atoms with Crippen LogP contribution >= 0.6 is 11.3 Å². The molecule has 0 bridgehead atoms. The van der Waals surface area contributed by atoms with Crippen molar-refractivity contribution in [3.63, 3.8) is 0 Å². The van der Waals surface area contributed by atoms with Crippen LogP contribution in [0.25, 0.3) is 21.5 Å². The number of anilines is 2. The number of carbonyl (C=O) groups excluding carboxylic acids is 1. The van der Waals surface area contributed by atoms with Crippen molar-refractivity contribution >= 4 is 44.4 Å². The first kappa shape index (κ1) is 36.3. The van der Waals surface area contributed by atoms with E-state index in [1.165, 1.54) is 30.7 Å². The molecule has 1 saturated heterocycles. The Morgan fingerprint density at radius 2 is 1.65 bits per heavy atom. The van der Waals surface area contributed by atoms with Crippen LogP contribution < -0.4 is 20.7 Å². The number of hydrogen-bond acceptors (Lipinski definition) is 10. The van der Waals surface area contributed by atoms with Crippen molar-refractivity contribution in [2.75, 3.05) is 10.6 Å². The first-order valence-corrected chi connectivity index (χ1v) is 15.1. The molecule has 1 aliphatic heterocycles. The summed E-state index contributed by atoms with van der Waals surface area (Å²) in [6.45, 7) is 9.68. The molecule has 0 spiro atoms. The average Bonchev–Trinajstić information content (AvgIpc) is 3.33. The highest BCUT2D eigenvalue weighted by Gasteiger charge is 2.39. The number of halogens is 6. The van der Waals surface area contributed by atoms with Gasteiger partial charge in [0.2, 0.25) is 11.8 Å². The largest absolute Gasteiger partial charge is 0.490 e. The molecular weight excluding hydrogens is 668 g/mol. The number of ether oxygens (including phenoxy) is 1. The van der Waals surface area contributed by atoms with Crippen molar-refractivity contribution < 1.29 is 45.8 Å². The number of thiazole rings is 1. The van der Waals surface area contributed by atoms with Gasteiger partial charge in [-0.1, -0.05) is 17.4 Å². The molecule has 4 heterocycles. The predicted molar refractivity (Wildman–Crippen MR) is 166 cm³/mol. The number of alkyl halides is 6. The molecule has 0 radical (unpaired) electrons. The van der Waals surface area contributed by atoms with Crippen molar-refractivity contribution in [3.05, 3.63) is 48.4 Å². The summed E-state index contributed by atoms with van der Waals surface area (Å²) in [6, 6.07) is 9.08. The Morgan fingerprint density at radius 3 is 2.23 bits per heavy atom. The molecule has 4 aromatic rings. The summed E-state index contributed by atoms with van der Waals surface area (Å²) in [7, 11) is 0. The van der Waals surface area contributed by atoms with Gasteiger partial charge in [0, 0.05) is 35.7 Å². The normalized spacial score (nSPS) is 16.1. The van der Waals surface area contributed by atoms with Crippen molar-refractivity contribution in [2.45, 2.75) is 76.9 Å². The molecule has 0 atom stereocenters. The molecule has 5 rings (SSSR count). The third kappa shape index (κ3) is 9.50. The van der Waals surface area contributed by atoms with E-state index in [1.54, 1.807) is 18.2 Å². The second-order valence-electron chi connectivity index (χ2n) is 12.2. The van der Waals surface area contributed by atoms with Gasteiger partial charge in [-0.3, -0.25) is 4.79 Å². The quantitative estimate of drug-likeness (QED) is 0.151. The Morgan fingerprint density at radius 1 is 1.00 bits per heavy atom. The van der Waals surface area contributed by atoms with Gasteiger partial charge in [-0.25, -0.2) is 24.7 Å². The number of para-hydroxylation sites is 1. The van der Waals surface area contributed by atoms with Crippen LogP contribution in [0.4, 0.5) is 37.3 Å². The van der Waals surface area contributed by atoms with Gasteiger partial charge in [0.25, 0.3) is 0 Å². The number of aromatic nitrogens is 4. The van der Waals surface area contributed by atoms with E-state index in [1.807, 2.05) is 6.07 Å². The van der Waals surface area contributed by atoms with Gasteiger partial charge in [-0.15, -0.1) is 0 Å². The molecule has 0 aliphatic carbocycles. The van der Waals surface area contributed by atoms with Crippen LogP contribution in [0.3, 0.4) is 0 Å². The maximum absolute atomic E-state index is 13.7. The molecule has 1 aromatic carbocycles. The first-order chi connectivity index (χ1) is 22.1. The molecule has 0 unspecified atom stereocenters. The van der Waals surface area contributed by atoms with Crippen LogP contribution in [0.1, 0.15) is 53.2 Å². The van der Waals surface area contributed by atoms with Gasteiger partial charge in [0.1, 0.15) is 23.4 Å². The number of rotatable bonds is 6. The summed E-state index contributed by atoms with van der Waals surface area (Å²) in [6.07, 6.45) is -7.04. The molecule has 1 fully saturated rings. The number of carbonyl (C=O) groups is 2. The fourth-order valence-electron chi connectivity index (χ4n) is 5.42. The van der Waals surface area contributed by atoms with Crippen molar-refractivity contribution in [1.29, 1.82) is 0 Å². The fraction of sp³-hybridized carbons (Fsp3) is 0.400. The SMILES string of the molecule is CC(=O)Nc1nc2c(Oc3cc(-c4ccc(C(F)(F)F)nc4NC4CC(C)(C)NC(C)(C)C4)ncn3)cccc2s1.O=C(O)C(F)(F)F. The lowest BCUT2D eigenvalue weighted by Crippen LogP contribution is -2.60. The maximum Gasteiger partial charge on any atom is 0.490 e. The van der Waals surface area contributed by atoms with E-state index >= 15 is 0 Å². The number of hydrogen-bond donors (Lipinski definition) is 4. The minimum Gasteiger partial charge on any atom is -0.475 e. The minimum absolute atomic E-state index is 0.0875. The zero-order valence-corrected chi connectivity index (χ0v) is 27.0. The molecule has 11 nitrogen and oxygen atoms in total. The van der Waals surface area contributed by atoms with Gasteiger partial charge in [-0.2, -0.15) is 26.3 Å². The van der Waals surface area contributed by atoms with E-state index in [-0.39, 0.29) is 34.7 Å². The number of benzene rings is 1. The third-order valence-corrected chi connectivity index (χ3v) is 7.69. The summed E-state index contributed by atoms with van der Waals surface area (Å²) in [5.41, 5.74) is -0.181. The summed E-state index contributed by atoms with van der Waals surface area (Å²) in [5, 5.41) is 17.1. The number of pyridine rings is 1. The van der Waals surface area contributed by atoms with Crippen molar-refractivity contribution in [1.82, 2.24) is 25.3 Å². The Hall–Kier alpha value is -4.58. The van der Waals surface area contributed by atoms with E-state index in [9.17, 15) is 31.1 Å². The highest BCUT2D eigenvalue weighted by molar-refractivity contribution is 7.22. The lowest BCUT2D eigenvalue weighted by molar-refractivity contribution is -0.192. The highest BCUT2D eigenvalue weighted by Crippen LogP contribution is 2.38. The van der Waals surface area contributed by atoms with Gasteiger partial charge < -0.3 is 25.8 Å². The summed E-state index contributed by atoms with van der Waals surface area (Å²) < 4.78 is 79.6. The second-order valence-corrected chi connectivity index (χ2v) is 13.2. The Bertz CT molecular complexity index is 1790.